The second kappa shape index (κ2) is 6.51. The Morgan fingerprint density at radius 2 is 1.81 bits per heavy atom. The van der Waals surface area contributed by atoms with Gasteiger partial charge in [-0.1, -0.05) is 12.1 Å². The first kappa shape index (κ1) is 13.0. The minimum absolute atomic E-state index is 0.250. The van der Waals surface area contributed by atoms with Crippen LogP contribution in [0.3, 0.4) is 0 Å². The molecule has 3 heteroatoms. The number of benzene rings is 1. The number of aliphatic hydroxyl groups is 1. The number of phenols is 1. The fraction of sp³-hybridized carbons (Fsp3) is 0.538. The van der Waals surface area contributed by atoms with E-state index in [-0.39, 0.29) is 12.6 Å². The van der Waals surface area contributed by atoms with Gasteiger partial charge in [-0.25, -0.2) is 0 Å². The van der Waals surface area contributed by atoms with Crippen molar-refractivity contribution in [2.75, 3.05) is 6.61 Å². The summed E-state index contributed by atoms with van der Waals surface area (Å²) in [6.07, 6.45) is 1.80. The molecular formula is C13H21NO2. The van der Waals surface area contributed by atoms with Gasteiger partial charge in [0, 0.05) is 18.7 Å². The third-order valence-electron chi connectivity index (χ3n) is 2.72. The molecule has 2 atom stereocenters. The highest BCUT2D eigenvalue weighted by Crippen LogP contribution is 2.17. The van der Waals surface area contributed by atoms with Crippen molar-refractivity contribution in [3.8, 4) is 5.75 Å². The molecule has 0 bridgehead atoms. The Hall–Kier alpha value is -1.06. The first-order valence-electron chi connectivity index (χ1n) is 5.79. The molecule has 0 aliphatic carbocycles. The normalized spacial score (nSPS) is 14.7. The number of aliphatic hydroxyl groups excluding tert-OH is 1. The standard InChI is InChI=1S/C13H21NO2/c1-10(4-3-9-15)14-11(2)12-5-7-13(16)8-6-12/h5-8,10-11,14-16H,3-4,9H2,1-2H3. The first-order chi connectivity index (χ1) is 7.63. The number of phenolic OH excluding ortho intramolecular Hbond substituents is 1. The van der Waals surface area contributed by atoms with E-state index in [0.717, 1.165) is 18.4 Å². The summed E-state index contributed by atoms with van der Waals surface area (Å²) >= 11 is 0. The zero-order chi connectivity index (χ0) is 12.0. The summed E-state index contributed by atoms with van der Waals surface area (Å²) in [5, 5.41) is 21.4. The molecule has 2 unspecified atom stereocenters. The largest absolute Gasteiger partial charge is 0.508 e. The van der Waals surface area contributed by atoms with Crippen molar-refractivity contribution in [3.05, 3.63) is 29.8 Å². The maximum Gasteiger partial charge on any atom is 0.115 e. The molecule has 3 N–H and O–H groups in total. The molecule has 0 saturated carbocycles. The van der Waals surface area contributed by atoms with Gasteiger partial charge in [0.15, 0.2) is 0 Å². The molecule has 0 fully saturated rings. The molecule has 0 heterocycles. The number of aromatic hydroxyl groups is 1. The van der Waals surface area contributed by atoms with Crippen LogP contribution in [-0.4, -0.2) is 22.9 Å². The van der Waals surface area contributed by atoms with Crippen LogP contribution in [0, 0.1) is 0 Å². The third kappa shape index (κ3) is 4.21. The molecule has 0 aromatic heterocycles. The van der Waals surface area contributed by atoms with Crippen molar-refractivity contribution in [3.63, 3.8) is 0 Å². The molecule has 0 aliphatic rings. The lowest BCUT2D eigenvalue weighted by atomic mass is 10.1. The highest BCUT2D eigenvalue weighted by Gasteiger charge is 2.08. The van der Waals surface area contributed by atoms with Crippen LogP contribution in [0.15, 0.2) is 24.3 Å². The lowest BCUT2D eigenvalue weighted by Crippen LogP contribution is -2.29. The molecule has 0 spiro atoms. The zero-order valence-electron chi connectivity index (χ0n) is 9.98. The van der Waals surface area contributed by atoms with Gasteiger partial charge >= 0.3 is 0 Å². The number of hydrogen-bond donors (Lipinski definition) is 3. The minimum atomic E-state index is 0.250. The van der Waals surface area contributed by atoms with Crippen molar-refractivity contribution < 1.29 is 10.2 Å². The molecule has 0 aliphatic heterocycles. The molecule has 1 aromatic rings. The van der Waals surface area contributed by atoms with E-state index < -0.39 is 0 Å². The van der Waals surface area contributed by atoms with Gasteiger partial charge in [-0.15, -0.1) is 0 Å². The van der Waals surface area contributed by atoms with Crippen molar-refractivity contribution in [1.82, 2.24) is 5.32 Å². The van der Waals surface area contributed by atoms with Crippen LogP contribution in [0.25, 0.3) is 0 Å². The first-order valence-corrected chi connectivity index (χ1v) is 5.79. The fourth-order valence-corrected chi connectivity index (χ4v) is 1.77. The van der Waals surface area contributed by atoms with Crippen LogP contribution in [-0.2, 0) is 0 Å². The molecule has 0 radical (unpaired) electrons. The van der Waals surface area contributed by atoms with Gasteiger partial charge in [-0.05, 0) is 44.4 Å². The fourth-order valence-electron chi connectivity index (χ4n) is 1.77. The minimum Gasteiger partial charge on any atom is -0.508 e. The maximum atomic E-state index is 9.19. The molecule has 1 aromatic carbocycles. The maximum absolute atomic E-state index is 9.19. The average Bonchev–Trinajstić information content (AvgIpc) is 2.27. The van der Waals surface area contributed by atoms with Gasteiger partial charge in [-0.2, -0.15) is 0 Å². The van der Waals surface area contributed by atoms with Gasteiger partial charge in [0.1, 0.15) is 5.75 Å². The van der Waals surface area contributed by atoms with Crippen LogP contribution in [0.2, 0.25) is 0 Å². The van der Waals surface area contributed by atoms with Gasteiger partial charge in [0.2, 0.25) is 0 Å². The van der Waals surface area contributed by atoms with Gasteiger partial charge in [0.05, 0.1) is 0 Å². The van der Waals surface area contributed by atoms with E-state index in [2.05, 4.69) is 19.2 Å². The molecule has 0 amide bonds. The van der Waals surface area contributed by atoms with Crippen LogP contribution < -0.4 is 5.32 Å². The van der Waals surface area contributed by atoms with Crippen LogP contribution in [0.1, 0.15) is 38.3 Å². The van der Waals surface area contributed by atoms with Gasteiger partial charge < -0.3 is 15.5 Å². The van der Waals surface area contributed by atoms with E-state index in [4.69, 9.17) is 5.11 Å². The van der Waals surface area contributed by atoms with Crippen LogP contribution in [0.4, 0.5) is 0 Å². The van der Waals surface area contributed by atoms with Gasteiger partial charge in [-0.3, -0.25) is 0 Å². The summed E-state index contributed by atoms with van der Waals surface area (Å²) < 4.78 is 0. The number of rotatable bonds is 6. The van der Waals surface area contributed by atoms with E-state index in [1.807, 2.05) is 12.1 Å². The highest BCUT2D eigenvalue weighted by molar-refractivity contribution is 5.27. The summed E-state index contributed by atoms with van der Waals surface area (Å²) in [6, 6.07) is 7.89. The Balaban J connectivity index is 2.45. The summed E-state index contributed by atoms with van der Waals surface area (Å²) in [6.45, 7) is 4.47. The SMILES string of the molecule is CC(CCCO)NC(C)c1ccc(O)cc1. The van der Waals surface area contributed by atoms with Crippen molar-refractivity contribution >= 4 is 0 Å². The average molecular weight is 223 g/mol. The van der Waals surface area contributed by atoms with Gasteiger partial charge in [0.25, 0.3) is 0 Å². The lowest BCUT2D eigenvalue weighted by molar-refractivity contribution is 0.274. The number of hydrogen-bond acceptors (Lipinski definition) is 3. The van der Waals surface area contributed by atoms with Crippen molar-refractivity contribution in [2.45, 2.75) is 38.8 Å². The molecule has 3 nitrogen and oxygen atoms in total. The quantitative estimate of drug-likeness (QED) is 0.693. The Labute approximate surface area is 97.1 Å². The summed E-state index contributed by atoms with van der Waals surface area (Å²) in [5.41, 5.74) is 1.16. The summed E-state index contributed by atoms with van der Waals surface area (Å²) in [5.74, 6) is 0.296. The Morgan fingerprint density at radius 1 is 1.19 bits per heavy atom. The highest BCUT2D eigenvalue weighted by atomic mass is 16.3. The smallest absolute Gasteiger partial charge is 0.115 e. The summed E-state index contributed by atoms with van der Waals surface area (Å²) in [4.78, 5) is 0. The summed E-state index contributed by atoms with van der Waals surface area (Å²) in [7, 11) is 0. The predicted octanol–water partition coefficient (Wildman–Crippen LogP) is 2.20. The van der Waals surface area contributed by atoms with Crippen molar-refractivity contribution in [2.24, 2.45) is 0 Å². The van der Waals surface area contributed by atoms with E-state index in [1.165, 1.54) is 0 Å². The molecule has 16 heavy (non-hydrogen) atoms. The number of nitrogens with one attached hydrogen (secondary N) is 1. The molecule has 90 valence electrons. The topological polar surface area (TPSA) is 52.5 Å². The lowest BCUT2D eigenvalue weighted by Gasteiger charge is -2.20. The Morgan fingerprint density at radius 3 is 2.38 bits per heavy atom. The molecule has 1 rings (SSSR count). The predicted molar refractivity (Wildman–Crippen MR) is 65.4 cm³/mol. The monoisotopic (exact) mass is 223 g/mol. The van der Waals surface area contributed by atoms with E-state index >= 15 is 0 Å². The molecular weight excluding hydrogens is 202 g/mol. The van der Waals surface area contributed by atoms with E-state index in [1.54, 1.807) is 12.1 Å². The van der Waals surface area contributed by atoms with Crippen molar-refractivity contribution in [1.29, 1.82) is 0 Å². The second-order valence-electron chi connectivity index (χ2n) is 4.25. The third-order valence-corrected chi connectivity index (χ3v) is 2.72. The zero-order valence-corrected chi connectivity index (χ0v) is 9.98. The molecule has 0 saturated heterocycles. The van der Waals surface area contributed by atoms with E-state index in [0.29, 0.717) is 11.8 Å². The Bertz CT molecular complexity index is 297. The van der Waals surface area contributed by atoms with Crippen LogP contribution >= 0.6 is 0 Å². The second-order valence-corrected chi connectivity index (χ2v) is 4.25. The van der Waals surface area contributed by atoms with Crippen LogP contribution in [0.5, 0.6) is 5.75 Å². The Kier molecular flexibility index (Phi) is 5.29. The van der Waals surface area contributed by atoms with E-state index in [9.17, 15) is 5.11 Å².